The number of carbonyl (C=O) groups is 1. The molecule has 0 bridgehead atoms. The van der Waals surface area contributed by atoms with Crippen LogP contribution in [0.1, 0.15) is 36.0 Å². The van der Waals surface area contributed by atoms with Gasteiger partial charge in [0, 0.05) is 24.2 Å². The summed E-state index contributed by atoms with van der Waals surface area (Å²) < 4.78 is 0. The van der Waals surface area contributed by atoms with Crippen molar-refractivity contribution in [1.29, 1.82) is 0 Å². The topological polar surface area (TPSA) is 65.2 Å². The number of nitrogens with one attached hydrogen (secondary N) is 2. The van der Waals surface area contributed by atoms with Gasteiger partial charge >= 0.3 is 0 Å². The minimum atomic E-state index is -0.291. The predicted octanol–water partition coefficient (Wildman–Crippen LogP) is 0.662. The maximum absolute atomic E-state index is 11.7. The summed E-state index contributed by atoms with van der Waals surface area (Å²) in [5.74, 6) is 0.842. The van der Waals surface area contributed by atoms with E-state index in [0.717, 1.165) is 18.9 Å². The smallest absolute Gasteiger partial charge is 0.260 e. The highest BCUT2D eigenvalue weighted by Gasteiger charge is 2.58. The fraction of sp³-hybridized carbons (Fsp3) is 0.571. The Morgan fingerprint density at radius 1 is 1.11 bits per heavy atom. The molecule has 4 rings (SSSR count). The largest absolute Gasteiger partial charge is 0.354 e. The van der Waals surface area contributed by atoms with Crippen molar-refractivity contribution in [1.82, 2.24) is 10.3 Å². The Morgan fingerprint density at radius 3 is 2.21 bits per heavy atom. The van der Waals surface area contributed by atoms with E-state index >= 15 is 0 Å². The molecule has 0 amide bonds. The molecule has 1 aliphatic heterocycles. The number of aromatic nitrogens is 1. The van der Waals surface area contributed by atoms with Crippen molar-refractivity contribution < 1.29 is 4.79 Å². The Labute approximate surface area is 111 Å². The van der Waals surface area contributed by atoms with Gasteiger partial charge in [0.05, 0.1) is 5.56 Å². The van der Waals surface area contributed by atoms with Gasteiger partial charge in [-0.15, -0.1) is 0 Å². The van der Waals surface area contributed by atoms with Crippen LogP contribution in [0.5, 0.6) is 0 Å². The number of rotatable bonds is 2. The van der Waals surface area contributed by atoms with E-state index in [9.17, 15) is 9.59 Å². The van der Waals surface area contributed by atoms with Crippen LogP contribution in [0, 0.1) is 0 Å². The monoisotopic (exact) mass is 259 g/mol. The molecule has 2 aliphatic carbocycles. The first-order valence-electron chi connectivity index (χ1n) is 6.87. The van der Waals surface area contributed by atoms with Gasteiger partial charge in [0.25, 0.3) is 5.56 Å². The maximum Gasteiger partial charge on any atom is 0.260 e. The number of H-pyrrole nitrogens is 1. The summed E-state index contributed by atoms with van der Waals surface area (Å²) in [5, 5.41) is 3.80. The van der Waals surface area contributed by atoms with E-state index in [2.05, 4.69) is 15.2 Å². The molecule has 1 aromatic rings. The van der Waals surface area contributed by atoms with Crippen LogP contribution in [-0.4, -0.2) is 35.4 Å². The predicted molar refractivity (Wildman–Crippen MR) is 71.7 cm³/mol. The van der Waals surface area contributed by atoms with Gasteiger partial charge in [-0.05, 0) is 37.8 Å². The highest BCUT2D eigenvalue weighted by Crippen LogP contribution is 2.49. The Morgan fingerprint density at radius 2 is 1.74 bits per heavy atom. The lowest BCUT2D eigenvalue weighted by Gasteiger charge is -2.41. The van der Waals surface area contributed by atoms with Gasteiger partial charge in [0.2, 0.25) is 0 Å². The van der Waals surface area contributed by atoms with Crippen LogP contribution in [0.3, 0.4) is 0 Å². The molecule has 0 unspecified atom stereocenters. The number of anilines is 1. The Bertz CT molecular complexity index is 579. The van der Waals surface area contributed by atoms with Gasteiger partial charge in [-0.1, -0.05) is 0 Å². The van der Waals surface area contributed by atoms with Gasteiger partial charge < -0.3 is 15.2 Å². The molecule has 3 aliphatic rings. The van der Waals surface area contributed by atoms with Gasteiger partial charge in [0.1, 0.15) is 5.82 Å². The first kappa shape index (κ1) is 11.2. The zero-order valence-electron chi connectivity index (χ0n) is 10.7. The third-order valence-corrected chi connectivity index (χ3v) is 4.62. The van der Waals surface area contributed by atoms with Crippen LogP contribution in [0.15, 0.2) is 16.9 Å². The lowest BCUT2D eigenvalue weighted by molar-refractivity contribution is 0.112. The van der Waals surface area contributed by atoms with E-state index in [1.807, 2.05) is 6.07 Å². The summed E-state index contributed by atoms with van der Waals surface area (Å²) in [7, 11) is 0. The molecule has 2 saturated carbocycles. The molecule has 5 nitrogen and oxygen atoms in total. The summed E-state index contributed by atoms with van der Waals surface area (Å²) in [5.41, 5.74) is 0.450. The van der Waals surface area contributed by atoms with E-state index in [-0.39, 0.29) is 22.2 Å². The summed E-state index contributed by atoms with van der Waals surface area (Å²) in [6.45, 7) is 1.90. The second-order valence-corrected chi connectivity index (χ2v) is 6.29. The van der Waals surface area contributed by atoms with Crippen molar-refractivity contribution in [3.8, 4) is 0 Å². The van der Waals surface area contributed by atoms with Gasteiger partial charge in [-0.2, -0.15) is 0 Å². The second kappa shape index (κ2) is 3.48. The molecule has 0 aromatic carbocycles. The Balaban J connectivity index is 1.66. The molecular formula is C14H17N3O2. The van der Waals surface area contributed by atoms with Crippen LogP contribution in [0.4, 0.5) is 5.82 Å². The SMILES string of the molecule is O=Cc1ccc(N2CC3(CC3)NC3(CC3)C2)[nH]c1=O. The number of carbonyl (C=O) groups excluding carboxylic acids is 1. The minimum Gasteiger partial charge on any atom is -0.354 e. The number of pyridine rings is 1. The average Bonchev–Trinajstić information content (AvgIpc) is 3.31. The lowest BCUT2D eigenvalue weighted by Crippen LogP contribution is -2.60. The number of nitrogens with zero attached hydrogens (tertiary/aromatic N) is 1. The van der Waals surface area contributed by atoms with Crippen molar-refractivity contribution in [2.24, 2.45) is 0 Å². The molecule has 5 heteroatoms. The first-order valence-corrected chi connectivity index (χ1v) is 6.87. The zero-order chi connectivity index (χ0) is 13.1. The molecule has 2 spiro atoms. The average molecular weight is 259 g/mol. The second-order valence-electron chi connectivity index (χ2n) is 6.29. The molecule has 100 valence electrons. The number of piperazine rings is 1. The molecule has 1 aromatic heterocycles. The van der Waals surface area contributed by atoms with Crippen LogP contribution in [0.2, 0.25) is 0 Å². The Kier molecular flexibility index (Phi) is 2.05. The highest BCUT2D eigenvalue weighted by molar-refractivity contribution is 5.74. The zero-order valence-corrected chi connectivity index (χ0v) is 10.7. The maximum atomic E-state index is 11.7. The summed E-state index contributed by atoms with van der Waals surface area (Å²) in [6, 6.07) is 3.46. The van der Waals surface area contributed by atoms with Crippen LogP contribution < -0.4 is 15.8 Å². The van der Waals surface area contributed by atoms with Gasteiger partial charge in [0.15, 0.2) is 6.29 Å². The molecule has 19 heavy (non-hydrogen) atoms. The lowest BCUT2D eigenvalue weighted by atomic mass is 10.1. The normalized spacial score (nSPS) is 25.6. The van der Waals surface area contributed by atoms with E-state index in [1.54, 1.807) is 6.07 Å². The molecule has 1 saturated heterocycles. The van der Waals surface area contributed by atoms with Crippen LogP contribution in [-0.2, 0) is 0 Å². The first-order chi connectivity index (χ1) is 9.14. The summed E-state index contributed by atoms with van der Waals surface area (Å²) in [6.07, 6.45) is 5.50. The third-order valence-electron chi connectivity index (χ3n) is 4.62. The van der Waals surface area contributed by atoms with E-state index < -0.39 is 0 Å². The molecule has 2 heterocycles. The van der Waals surface area contributed by atoms with E-state index in [0.29, 0.717) is 6.29 Å². The molecule has 2 N–H and O–H groups in total. The molecule has 0 atom stereocenters. The van der Waals surface area contributed by atoms with Crippen molar-refractivity contribution in [3.63, 3.8) is 0 Å². The molecule has 0 radical (unpaired) electrons. The number of hydrogen-bond acceptors (Lipinski definition) is 4. The standard InChI is InChI=1S/C14H17N3O2/c18-7-10-1-2-11(15-12(10)19)17-8-13(3-4-13)16-14(9-17)5-6-14/h1-2,7,16H,3-6,8-9H2,(H,15,19). The van der Waals surface area contributed by atoms with Crippen molar-refractivity contribution in [2.45, 2.75) is 36.8 Å². The van der Waals surface area contributed by atoms with Crippen molar-refractivity contribution in [3.05, 3.63) is 28.0 Å². The number of aromatic amines is 1. The molecular weight excluding hydrogens is 242 g/mol. The summed E-state index contributed by atoms with van der Waals surface area (Å²) in [4.78, 5) is 27.5. The summed E-state index contributed by atoms with van der Waals surface area (Å²) >= 11 is 0. The fourth-order valence-electron chi connectivity index (χ4n) is 3.22. The quantitative estimate of drug-likeness (QED) is 0.766. The fourth-order valence-corrected chi connectivity index (χ4v) is 3.22. The third kappa shape index (κ3) is 1.80. The van der Waals surface area contributed by atoms with Crippen molar-refractivity contribution >= 4 is 12.1 Å². The van der Waals surface area contributed by atoms with E-state index in [4.69, 9.17) is 0 Å². The number of aldehydes is 1. The van der Waals surface area contributed by atoms with Gasteiger partial charge in [-0.25, -0.2) is 0 Å². The van der Waals surface area contributed by atoms with Crippen LogP contribution >= 0.6 is 0 Å². The number of hydrogen-bond donors (Lipinski definition) is 2. The van der Waals surface area contributed by atoms with Crippen molar-refractivity contribution in [2.75, 3.05) is 18.0 Å². The van der Waals surface area contributed by atoms with Crippen LogP contribution in [0.25, 0.3) is 0 Å². The molecule has 3 fully saturated rings. The van der Waals surface area contributed by atoms with E-state index in [1.165, 1.54) is 25.7 Å². The Hall–Kier alpha value is -1.62. The highest BCUT2D eigenvalue weighted by atomic mass is 16.1. The van der Waals surface area contributed by atoms with Gasteiger partial charge in [-0.3, -0.25) is 9.59 Å². The minimum absolute atomic E-state index is 0.196.